The molecule has 0 radical (unpaired) electrons. The van der Waals surface area contributed by atoms with Crippen LogP contribution < -0.4 is 5.73 Å². The molecule has 1 aromatic carbocycles. The lowest BCUT2D eigenvalue weighted by molar-refractivity contribution is 0.749. The summed E-state index contributed by atoms with van der Waals surface area (Å²) in [6, 6.07) is 10.2. The molecule has 0 amide bonds. The van der Waals surface area contributed by atoms with E-state index < -0.39 is 6.29 Å². The maximum absolute atomic E-state index is 5.43. The number of azo groups is 1. The van der Waals surface area contributed by atoms with Crippen molar-refractivity contribution in [1.29, 1.82) is 0 Å². The van der Waals surface area contributed by atoms with E-state index in [1.54, 1.807) is 11.8 Å². The molecule has 1 heterocycles. The number of hydrogen-bond acceptors (Lipinski definition) is 5. The van der Waals surface area contributed by atoms with Crippen LogP contribution in [0.3, 0.4) is 0 Å². The molecule has 2 N–H and O–H groups in total. The Kier molecular flexibility index (Phi) is 2.90. The fourth-order valence-electron chi connectivity index (χ4n) is 1.06. The van der Waals surface area contributed by atoms with Gasteiger partial charge in [-0.2, -0.15) is 0 Å². The van der Waals surface area contributed by atoms with E-state index in [4.69, 9.17) is 5.73 Å². The highest BCUT2D eigenvalue weighted by atomic mass is 32.2. The van der Waals surface area contributed by atoms with Crippen LogP contribution in [0.1, 0.15) is 5.56 Å². The Morgan fingerprint density at radius 1 is 1.29 bits per heavy atom. The van der Waals surface area contributed by atoms with Gasteiger partial charge >= 0.3 is 0 Å². The van der Waals surface area contributed by atoms with Gasteiger partial charge in [0.15, 0.2) is 0 Å². The van der Waals surface area contributed by atoms with Crippen LogP contribution in [0.25, 0.3) is 0 Å². The molecule has 4 nitrogen and oxygen atoms in total. The van der Waals surface area contributed by atoms with Gasteiger partial charge in [-0.3, -0.25) is 5.73 Å². The van der Waals surface area contributed by atoms with Crippen LogP contribution in [0.5, 0.6) is 0 Å². The summed E-state index contributed by atoms with van der Waals surface area (Å²) in [5.41, 5.74) is 6.68. The first-order valence-electron chi connectivity index (χ1n) is 4.25. The van der Waals surface area contributed by atoms with Crippen LogP contribution in [0, 0.1) is 0 Å². The number of amidine groups is 1. The summed E-state index contributed by atoms with van der Waals surface area (Å²) in [5, 5.41) is 8.22. The molecule has 1 aliphatic rings. The van der Waals surface area contributed by atoms with Crippen LogP contribution in [-0.4, -0.2) is 11.5 Å². The van der Waals surface area contributed by atoms with E-state index in [0.29, 0.717) is 5.17 Å². The van der Waals surface area contributed by atoms with Gasteiger partial charge in [-0.05, 0) is 5.56 Å². The third-order valence-corrected chi connectivity index (χ3v) is 2.64. The standard InChI is InChI=1S/C9H10N4S/c10-8-11-9(13-12-8)14-6-7-4-2-1-3-5-7/h1-5,8H,6,10H2. The number of rotatable bonds is 2. The molecule has 1 aromatic rings. The van der Waals surface area contributed by atoms with Crippen LogP contribution in [0.2, 0.25) is 0 Å². The van der Waals surface area contributed by atoms with Gasteiger partial charge in [-0.25, -0.2) is 4.99 Å². The molecule has 0 saturated carbocycles. The van der Waals surface area contributed by atoms with E-state index in [9.17, 15) is 0 Å². The van der Waals surface area contributed by atoms with Crippen molar-refractivity contribution in [2.45, 2.75) is 12.0 Å². The zero-order valence-corrected chi connectivity index (χ0v) is 8.31. The predicted molar refractivity (Wildman–Crippen MR) is 58.0 cm³/mol. The number of nitrogens with two attached hydrogens (primary N) is 1. The first-order chi connectivity index (χ1) is 6.84. The maximum Gasteiger partial charge on any atom is 0.214 e. The van der Waals surface area contributed by atoms with Crippen molar-refractivity contribution < 1.29 is 0 Å². The number of aliphatic imine (C=N–C) groups is 1. The monoisotopic (exact) mass is 206 g/mol. The lowest BCUT2D eigenvalue weighted by atomic mass is 10.2. The summed E-state index contributed by atoms with van der Waals surface area (Å²) in [5.74, 6) is 0.853. The summed E-state index contributed by atoms with van der Waals surface area (Å²) in [4.78, 5) is 4.03. The molecule has 2 rings (SSSR count). The van der Waals surface area contributed by atoms with E-state index >= 15 is 0 Å². The Labute approximate surface area is 86.3 Å². The molecule has 0 aliphatic carbocycles. The van der Waals surface area contributed by atoms with Crippen molar-refractivity contribution in [2.24, 2.45) is 21.0 Å². The molecule has 0 fully saturated rings. The lowest BCUT2D eigenvalue weighted by Crippen LogP contribution is -2.10. The van der Waals surface area contributed by atoms with E-state index in [2.05, 4.69) is 27.4 Å². The molecule has 5 heteroatoms. The predicted octanol–water partition coefficient (Wildman–Crippen LogP) is 1.98. The minimum absolute atomic E-state index is 0.492. The second-order valence-corrected chi connectivity index (χ2v) is 3.76. The average Bonchev–Trinajstić information content (AvgIpc) is 2.63. The highest BCUT2D eigenvalue weighted by molar-refractivity contribution is 8.13. The Bertz CT molecular complexity index is 360. The molecular formula is C9H10N4S. The Morgan fingerprint density at radius 2 is 2.07 bits per heavy atom. The van der Waals surface area contributed by atoms with Crippen molar-refractivity contribution in [3.63, 3.8) is 0 Å². The van der Waals surface area contributed by atoms with Gasteiger partial charge in [0, 0.05) is 5.75 Å². The normalized spacial score (nSPS) is 19.8. The second-order valence-electron chi connectivity index (χ2n) is 2.82. The summed E-state index contributed by atoms with van der Waals surface area (Å²) >= 11 is 1.55. The molecule has 1 atom stereocenters. The van der Waals surface area contributed by atoms with Crippen LogP contribution in [-0.2, 0) is 5.75 Å². The van der Waals surface area contributed by atoms with Crippen LogP contribution in [0.15, 0.2) is 45.6 Å². The van der Waals surface area contributed by atoms with E-state index in [1.807, 2.05) is 18.2 Å². The molecule has 0 saturated heterocycles. The van der Waals surface area contributed by atoms with Gasteiger partial charge in [0.1, 0.15) is 0 Å². The highest BCUT2D eigenvalue weighted by Gasteiger charge is 2.09. The molecule has 1 aliphatic heterocycles. The van der Waals surface area contributed by atoms with Gasteiger partial charge in [-0.15, -0.1) is 10.2 Å². The van der Waals surface area contributed by atoms with Crippen LogP contribution in [0.4, 0.5) is 0 Å². The molecular weight excluding hydrogens is 196 g/mol. The SMILES string of the molecule is NC1N=NC(SCc2ccccc2)=N1. The minimum atomic E-state index is -0.492. The third-order valence-electron chi connectivity index (χ3n) is 1.72. The molecule has 14 heavy (non-hydrogen) atoms. The van der Waals surface area contributed by atoms with Crippen molar-refractivity contribution >= 4 is 16.9 Å². The van der Waals surface area contributed by atoms with E-state index in [-0.39, 0.29) is 0 Å². The Hall–Kier alpha value is -1.20. The zero-order chi connectivity index (χ0) is 9.80. The van der Waals surface area contributed by atoms with E-state index in [0.717, 1.165) is 5.75 Å². The highest BCUT2D eigenvalue weighted by Crippen LogP contribution is 2.17. The quantitative estimate of drug-likeness (QED) is 0.804. The van der Waals surface area contributed by atoms with Gasteiger partial charge in [0.25, 0.3) is 0 Å². The second kappa shape index (κ2) is 4.34. The van der Waals surface area contributed by atoms with Gasteiger partial charge in [0.2, 0.25) is 11.5 Å². The van der Waals surface area contributed by atoms with E-state index in [1.165, 1.54) is 5.56 Å². The zero-order valence-electron chi connectivity index (χ0n) is 7.50. The van der Waals surface area contributed by atoms with Gasteiger partial charge in [-0.1, -0.05) is 42.1 Å². The number of benzene rings is 1. The van der Waals surface area contributed by atoms with Crippen molar-refractivity contribution in [1.82, 2.24) is 0 Å². The smallest absolute Gasteiger partial charge is 0.214 e. The van der Waals surface area contributed by atoms with Gasteiger partial charge < -0.3 is 0 Å². The number of hydrogen-bond donors (Lipinski definition) is 1. The fraction of sp³-hybridized carbons (Fsp3) is 0.222. The average molecular weight is 206 g/mol. The molecule has 0 aromatic heterocycles. The summed E-state index contributed by atoms with van der Waals surface area (Å²) in [7, 11) is 0. The lowest BCUT2D eigenvalue weighted by Gasteiger charge is -1.97. The number of nitrogens with zero attached hydrogens (tertiary/aromatic N) is 3. The molecule has 0 bridgehead atoms. The van der Waals surface area contributed by atoms with Crippen molar-refractivity contribution in [3.05, 3.63) is 35.9 Å². The first-order valence-corrected chi connectivity index (χ1v) is 5.24. The summed E-state index contributed by atoms with van der Waals surface area (Å²) < 4.78 is 0. The largest absolute Gasteiger partial charge is 0.290 e. The Morgan fingerprint density at radius 3 is 2.71 bits per heavy atom. The first kappa shape index (κ1) is 9.36. The minimum Gasteiger partial charge on any atom is -0.290 e. The van der Waals surface area contributed by atoms with Crippen molar-refractivity contribution in [3.8, 4) is 0 Å². The third kappa shape index (κ3) is 2.40. The topological polar surface area (TPSA) is 63.1 Å². The fourth-order valence-corrected chi connectivity index (χ4v) is 1.84. The van der Waals surface area contributed by atoms with Crippen molar-refractivity contribution in [2.75, 3.05) is 0 Å². The summed E-state index contributed by atoms with van der Waals surface area (Å²) in [6.45, 7) is 0. The number of thioether (sulfide) groups is 1. The molecule has 0 spiro atoms. The van der Waals surface area contributed by atoms with Crippen LogP contribution >= 0.6 is 11.8 Å². The molecule has 1 unspecified atom stereocenters. The maximum atomic E-state index is 5.43. The Balaban J connectivity index is 1.90. The molecule has 72 valence electrons. The van der Waals surface area contributed by atoms with Gasteiger partial charge in [0.05, 0.1) is 0 Å². The summed E-state index contributed by atoms with van der Waals surface area (Å²) in [6.07, 6.45) is -0.492.